The average molecular weight is 288 g/mol. The van der Waals surface area contributed by atoms with Crippen molar-refractivity contribution in [2.24, 2.45) is 0 Å². The van der Waals surface area contributed by atoms with Crippen LogP contribution in [0.5, 0.6) is 0 Å². The van der Waals surface area contributed by atoms with Gasteiger partial charge in [0.1, 0.15) is 5.82 Å². The van der Waals surface area contributed by atoms with E-state index in [2.05, 4.69) is 5.32 Å². The van der Waals surface area contributed by atoms with Gasteiger partial charge in [-0.25, -0.2) is 4.39 Å². The number of benzene rings is 1. The van der Waals surface area contributed by atoms with Gasteiger partial charge in [0.25, 0.3) is 5.91 Å². The van der Waals surface area contributed by atoms with Gasteiger partial charge in [0.15, 0.2) is 0 Å². The Morgan fingerprint density at radius 2 is 2.16 bits per heavy atom. The molecule has 1 aromatic carbocycles. The van der Waals surface area contributed by atoms with Crippen LogP contribution in [0.3, 0.4) is 0 Å². The fourth-order valence-electron chi connectivity index (χ4n) is 1.98. The first-order valence-electron chi connectivity index (χ1n) is 6.04. The molecular formula is C13H15ClFNO3. The summed E-state index contributed by atoms with van der Waals surface area (Å²) < 4.78 is 18.7. The quantitative estimate of drug-likeness (QED) is 0.890. The van der Waals surface area contributed by atoms with Crippen LogP contribution in [0, 0.1) is 5.82 Å². The number of rotatable bonds is 3. The fourth-order valence-corrected chi connectivity index (χ4v) is 2.22. The smallest absolute Gasteiger partial charge is 0.255 e. The lowest BCUT2D eigenvalue weighted by atomic mass is 9.94. The zero-order chi connectivity index (χ0) is 13.9. The third kappa shape index (κ3) is 3.43. The Hall–Kier alpha value is -1.17. The second kappa shape index (κ2) is 5.86. The predicted molar refractivity (Wildman–Crippen MR) is 68.7 cm³/mol. The molecule has 1 aromatic rings. The van der Waals surface area contributed by atoms with E-state index >= 15 is 0 Å². The number of halogens is 2. The minimum atomic E-state index is -0.994. The summed E-state index contributed by atoms with van der Waals surface area (Å²) in [7, 11) is 0. The molecule has 0 unspecified atom stereocenters. The van der Waals surface area contributed by atoms with Crippen molar-refractivity contribution in [3.63, 3.8) is 0 Å². The van der Waals surface area contributed by atoms with Crippen molar-refractivity contribution in [1.29, 1.82) is 0 Å². The van der Waals surface area contributed by atoms with Crippen molar-refractivity contribution in [3.05, 3.63) is 34.6 Å². The van der Waals surface area contributed by atoms with Crippen LogP contribution in [-0.4, -0.2) is 36.4 Å². The normalized spacial score (nSPS) is 18.1. The summed E-state index contributed by atoms with van der Waals surface area (Å²) in [6, 6.07) is 4.05. The average Bonchev–Trinajstić information content (AvgIpc) is 2.37. The lowest BCUT2D eigenvalue weighted by Crippen LogP contribution is -2.46. The van der Waals surface area contributed by atoms with E-state index in [4.69, 9.17) is 16.3 Å². The van der Waals surface area contributed by atoms with E-state index < -0.39 is 17.3 Å². The Morgan fingerprint density at radius 1 is 1.47 bits per heavy atom. The Labute approximate surface area is 115 Å². The molecule has 1 amide bonds. The standard InChI is InChI=1S/C13H15ClFNO3/c14-9-2-1-3-10(15)11(9)12(17)16-8-13(18)4-6-19-7-5-13/h1-3,18H,4-8H2,(H,16,17). The molecule has 1 fully saturated rings. The van der Waals surface area contributed by atoms with E-state index in [0.29, 0.717) is 26.1 Å². The molecule has 104 valence electrons. The molecule has 0 radical (unpaired) electrons. The topological polar surface area (TPSA) is 58.6 Å². The third-order valence-corrected chi connectivity index (χ3v) is 3.51. The molecule has 1 aliphatic heterocycles. The fraction of sp³-hybridized carbons (Fsp3) is 0.462. The minimum absolute atomic E-state index is 0.0523. The van der Waals surface area contributed by atoms with Gasteiger partial charge >= 0.3 is 0 Å². The molecule has 0 aliphatic carbocycles. The molecule has 1 aliphatic rings. The Balaban J connectivity index is 2.01. The van der Waals surface area contributed by atoms with Gasteiger partial charge in [0, 0.05) is 32.6 Å². The van der Waals surface area contributed by atoms with E-state index in [1.165, 1.54) is 18.2 Å². The highest BCUT2D eigenvalue weighted by Crippen LogP contribution is 2.21. The highest BCUT2D eigenvalue weighted by molar-refractivity contribution is 6.33. The molecule has 2 rings (SSSR count). The third-order valence-electron chi connectivity index (χ3n) is 3.19. The maximum atomic E-state index is 13.5. The molecule has 0 aromatic heterocycles. The zero-order valence-electron chi connectivity index (χ0n) is 10.3. The van der Waals surface area contributed by atoms with Crippen LogP contribution in [0.2, 0.25) is 5.02 Å². The number of hydrogen-bond acceptors (Lipinski definition) is 3. The maximum Gasteiger partial charge on any atom is 0.255 e. The first-order chi connectivity index (χ1) is 9.02. The van der Waals surface area contributed by atoms with Crippen LogP contribution < -0.4 is 5.32 Å². The summed E-state index contributed by atoms with van der Waals surface area (Å²) in [5.41, 5.74) is -1.19. The lowest BCUT2D eigenvalue weighted by Gasteiger charge is -2.32. The second-order valence-electron chi connectivity index (χ2n) is 4.62. The summed E-state index contributed by atoms with van der Waals surface area (Å²) in [6.07, 6.45) is 0.885. The SMILES string of the molecule is O=C(NCC1(O)CCOCC1)c1c(F)cccc1Cl. The predicted octanol–water partition coefficient (Wildman–Crippen LogP) is 1.75. The van der Waals surface area contributed by atoms with Gasteiger partial charge in [-0.3, -0.25) is 4.79 Å². The molecule has 6 heteroatoms. The van der Waals surface area contributed by atoms with E-state index in [-0.39, 0.29) is 17.1 Å². The number of hydrogen-bond donors (Lipinski definition) is 2. The zero-order valence-corrected chi connectivity index (χ0v) is 11.0. The monoisotopic (exact) mass is 287 g/mol. The number of nitrogens with one attached hydrogen (secondary N) is 1. The molecule has 4 nitrogen and oxygen atoms in total. The van der Waals surface area contributed by atoms with Gasteiger partial charge < -0.3 is 15.2 Å². The minimum Gasteiger partial charge on any atom is -0.388 e. The van der Waals surface area contributed by atoms with Gasteiger partial charge in [-0.05, 0) is 12.1 Å². The van der Waals surface area contributed by atoms with Crippen molar-refractivity contribution in [2.45, 2.75) is 18.4 Å². The van der Waals surface area contributed by atoms with Crippen LogP contribution in [0.15, 0.2) is 18.2 Å². The first-order valence-corrected chi connectivity index (χ1v) is 6.42. The first kappa shape index (κ1) is 14.2. The summed E-state index contributed by atoms with van der Waals surface area (Å²) in [5.74, 6) is -1.30. The van der Waals surface area contributed by atoms with Crippen molar-refractivity contribution in [2.75, 3.05) is 19.8 Å². The van der Waals surface area contributed by atoms with Crippen molar-refractivity contribution >= 4 is 17.5 Å². The van der Waals surface area contributed by atoms with Crippen LogP contribution in [0.1, 0.15) is 23.2 Å². The van der Waals surface area contributed by atoms with Gasteiger partial charge in [-0.15, -0.1) is 0 Å². The molecule has 1 saturated heterocycles. The number of carbonyl (C=O) groups is 1. The van der Waals surface area contributed by atoms with Gasteiger partial charge in [-0.2, -0.15) is 0 Å². The molecule has 0 bridgehead atoms. The van der Waals surface area contributed by atoms with Gasteiger partial charge in [0.05, 0.1) is 16.2 Å². The lowest BCUT2D eigenvalue weighted by molar-refractivity contribution is -0.0605. The number of aliphatic hydroxyl groups is 1. The van der Waals surface area contributed by atoms with Crippen molar-refractivity contribution < 1.29 is 19.0 Å². The molecule has 1 heterocycles. The van der Waals surface area contributed by atoms with Crippen LogP contribution in [0.4, 0.5) is 4.39 Å². The summed E-state index contributed by atoms with van der Waals surface area (Å²) in [6.45, 7) is 0.958. The van der Waals surface area contributed by atoms with Crippen LogP contribution in [0.25, 0.3) is 0 Å². The molecule has 19 heavy (non-hydrogen) atoms. The van der Waals surface area contributed by atoms with E-state index in [1.807, 2.05) is 0 Å². The Bertz CT molecular complexity index is 455. The van der Waals surface area contributed by atoms with Gasteiger partial charge in [0.2, 0.25) is 0 Å². The number of ether oxygens (including phenoxy) is 1. The molecule has 0 spiro atoms. The highest BCUT2D eigenvalue weighted by Gasteiger charge is 2.30. The summed E-state index contributed by atoms with van der Waals surface area (Å²) in [4.78, 5) is 11.9. The molecular weight excluding hydrogens is 273 g/mol. The largest absolute Gasteiger partial charge is 0.388 e. The molecule has 0 saturated carbocycles. The molecule has 0 atom stereocenters. The molecule has 2 N–H and O–H groups in total. The highest BCUT2D eigenvalue weighted by atomic mass is 35.5. The van der Waals surface area contributed by atoms with Crippen LogP contribution in [-0.2, 0) is 4.74 Å². The van der Waals surface area contributed by atoms with E-state index in [1.54, 1.807) is 0 Å². The second-order valence-corrected chi connectivity index (χ2v) is 5.02. The van der Waals surface area contributed by atoms with E-state index in [0.717, 1.165) is 0 Å². The Morgan fingerprint density at radius 3 is 2.79 bits per heavy atom. The Kier molecular flexibility index (Phi) is 4.39. The maximum absolute atomic E-state index is 13.5. The van der Waals surface area contributed by atoms with E-state index in [9.17, 15) is 14.3 Å². The van der Waals surface area contributed by atoms with Gasteiger partial charge in [-0.1, -0.05) is 17.7 Å². The summed E-state index contributed by atoms with van der Waals surface area (Å²) in [5, 5.41) is 12.8. The van der Waals surface area contributed by atoms with Crippen molar-refractivity contribution in [1.82, 2.24) is 5.32 Å². The number of amides is 1. The summed E-state index contributed by atoms with van der Waals surface area (Å²) >= 11 is 5.80. The number of carbonyl (C=O) groups excluding carboxylic acids is 1. The van der Waals surface area contributed by atoms with Crippen molar-refractivity contribution in [3.8, 4) is 0 Å². The van der Waals surface area contributed by atoms with Crippen LogP contribution >= 0.6 is 11.6 Å².